The second-order valence-electron chi connectivity index (χ2n) is 9.40. The van der Waals surface area contributed by atoms with Crippen LogP contribution in [0.3, 0.4) is 0 Å². The smallest absolute Gasteiger partial charge is 0.410 e. The predicted octanol–water partition coefficient (Wildman–Crippen LogP) is 4.17. The number of ether oxygens (including phenoxy) is 2. The molecule has 0 saturated carbocycles. The van der Waals surface area contributed by atoms with Crippen LogP contribution in [0.2, 0.25) is 0 Å². The van der Waals surface area contributed by atoms with Crippen LogP contribution in [0.25, 0.3) is 10.8 Å². The summed E-state index contributed by atoms with van der Waals surface area (Å²) in [6, 6.07) is 25.1. The lowest BCUT2D eigenvalue weighted by atomic mass is 9.98. The zero-order valence-corrected chi connectivity index (χ0v) is 21.8. The van der Waals surface area contributed by atoms with Gasteiger partial charge in [0.1, 0.15) is 6.10 Å². The van der Waals surface area contributed by atoms with E-state index in [4.69, 9.17) is 14.0 Å². The molecule has 1 amide bonds. The Hall–Kier alpha value is -2.98. The zero-order chi connectivity index (χ0) is 26.3. The van der Waals surface area contributed by atoms with Crippen LogP contribution in [0.5, 0.6) is 0 Å². The monoisotopic (exact) mass is 526 g/mol. The van der Waals surface area contributed by atoms with Gasteiger partial charge in [0.15, 0.2) is 0 Å². The van der Waals surface area contributed by atoms with Crippen LogP contribution in [0.15, 0.2) is 72.8 Å². The summed E-state index contributed by atoms with van der Waals surface area (Å²) >= 11 is 0. The minimum atomic E-state index is -3.67. The summed E-state index contributed by atoms with van der Waals surface area (Å²) in [6.45, 7) is 5.04. The second-order valence-corrected chi connectivity index (χ2v) is 10.9. The Morgan fingerprint density at radius 1 is 0.973 bits per heavy atom. The summed E-state index contributed by atoms with van der Waals surface area (Å²) in [5.74, 6) is 0. The molecule has 3 aromatic carbocycles. The number of fused-ring (bicyclic) bond motifs is 1. The lowest BCUT2D eigenvalue weighted by Crippen LogP contribution is -2.39. The van der Waals surface area contributed by atoms with Crippen molar-refractivity contribution < 1.29 is 27.2 Å². The fourth-order valence-electron chi connectivity index (χ4n) is 4.93. The van der Waals surface area contributed by atoms with Crippen LogP contribution in [0, 0.1) is 0 Å². The molecular weight excluding hydrogens is 492 g/mol. The number of carbonyl (C=O) groups excluding carboxylic acids is 1. The van der Waals surface area contributed by atoms with E-state index < -0.39 is 10.1 Å². The summed E-state index contributed by atoms with van der Waals surface area (Å²) in [5.41, 5.74) is 2.40. The normalized spacial score (nSPS) is 19.2. The lowest BCUT2D eigenvalue weighted by molar-refractivity contribution is 0.0341. The molecule has 0 spiro atoms. The number of benzene rings is 3. The van der Waals surface area contributed by atoms with Crippen molar-refractivity contribution in [2.75, 3.05) is 45.6 Å². The Balaban J connectivity index is 0.000000586. The molecule has 2 unspecified atom stereocenters. The number of morpholine rings is 1. The topological polar surface area (TPSA) is 96.4 Å². The highest BCUT2D eigenvalue weighted by molar-refractivity contribution is 7.85. The van der Waals surface area contributed by atoms with Crippen LogP contribution in [0.1, 0.15) is 23.6 Å². The van der Waals surface area contributed by atoms with Gasteiger partial charge in [0.05, 0.1) is 32.1 Å². The van der Waals surface area contributed by atoms with Crippen LogP contribution >= 0.6 is 0 Å². The number of rotatable bonds is 7. The Labute approximate surface area is 218 Å². The van der Waals surface area contributed by atoms with Crippen molar-refractivity contribution in [3.8, 4) is 0 Å². The van der Waals surface area contributed by atoms with Gasteiger partial charge in [0.2, 0.25) is 0 Å². The van der Waals surface area contributed by atoms with Crippen LogP contribution in [-0.2, 0) is 26.0 Å². The number of nitrogens with zero attached hydrogens (tertiary/aromatic N) is 2. The Morgan fingerprint density at radius 3 is 2.35 bits per heavy atom. The van der Waals surface area contributed by atoms with Crippen molar-refractivity contribution in [1.82, 2.24) is 9.80 Å². The largest absolute Gasteiger partial charge is 0.444 e. The number of carbonyl (C=O) groups is 1. The zero-order valence-electron chi connectivity index (χ0n) is 21.0. The van der Waals surface area contributed by atoms with Crippen molar-refractivity contribution >= 4 is 27.0 Å². The summed E-state index contributed by atoms with van der Waals surface area (Å²) in [5, 5.41) is 2.45. The minimum Gasteiger partial charge on any atom is -0.444 e. The molecule has 2 saturated heterocycles. The van der Waals surface area contributed by atoms with Gasteiger partial charge in [-0.15, -0.1) is 0 Å². The average Bonchev–Trinajstić information content (AvgIpc) is 3.24. The highest BCUT2D eigenvalue weighted by Crippen LogP contribution is 2.31. The Kier molecular flexibility index (Phi) is 9.15. The summed E-state index contributed by atoms with van der Waals surface area (Å²) in [4.78, 5) is 17.3. The van der Waals surface area contributed by atoms with E-state index in [9.17, 15) is 13.2 Å². The predicted molar refractivity (Wildman–Crippen MR) is 143 cm³/mol. The maximum atomic E-state index is 13.0. The van der Waals surface area contributed by atoms with Gasteiger partial charge in [-0.2, -0.15) is 8.42 Å². The molecule has 37 heavy (non-hydrogen) atoms. The third-order valence-electron chi connectivity index (χ3n) is 6.61. The van der Waals surface area contributed by atoms with Crippen molar-refractivity contribution in [2.45, 2.75) is 25.0 Å². The highest BCUT2D eigenvalue weighted by Gasteiger charge is 2.37. The Morgan fingerprint density at radius 2 is 1.62 bits per heavy atom. The van der Waals surface area contributed by atoms with Gasteiger partial charge in [0.25, 0.3) is 10.1 Å². The van der Waals surface area contributed by atoms with Crippen LogP contribution < -0.4 is 0 Å². The summed E-state index contributed by atoms with van der Waals surface area (Å²) in [7, 11) is -3.67. The first kappa shape index (κ1) is 27.1. The quantitative estimate of drug-likeness (QED) is 0.462. The van der Waals surface area contributed by atoms with Gasteiger partial charge in [-0.1, -0.05) is 72.8 Å². The van der Waals surface area contributed by atoms with Crippen molar-refractivity contribution in [3.05, 3.63) is 83.9 Å². The van der Waals surface area contributed by atoms with Crippen LogP contribution in [-0.4, -0.2) is 80.6 Å². The third-order valence-corrected chi connectivity index (χ3v) is 6.61. The van der Waals surface area contributed by atoms with E-state index >= 15 is 0 Å². The molecule has 2 heterocycles. The standard InChI is InChI=1S/C27H30N2O3.CH4O3S/c30-27-29(20-24(32-27)19-23-11-6-10-21-7-4-5-12-25(21)23)26(22-8-2-1-3-9-22)13-14-28-15-17-31-18-16-28;1-5(2,3)4/h1-12,24,26H,13-20H2;1H3,(H,2,3,4). The molecule has 8 nitrogen and oxygen atoms in total. The summed E-state index contributed by atoms with van der Waals surface area (Å²) < 4.78 is 37.2. The molecule has 0 aliphatic carbocycles. The first-order valence-corrected chi connectivity index (χ1v) is 14.3. The van der Waals surface area contributed by atoms with E-state index in [-0.39, 0.29) is 18.2 Å². The molecule has 5 rings (SSSR count). The van der Waals surface area contributed by atoms with E-state index in [1.54, 1.807) is 0 Å². The molecule has 2 fully saturated rings. The minimum absolute atomic E-state index is 0.0177. The van der Waals surface area contributed by atoms with Gasteiger partial charge in [-0.3, -0.25) is 14.4 Å². The fourth-order valence-corrected chi connectivity index (χ4v) is 4.93. The SMILES string of the molecule is CS(=O)(=O)O.O=C1OC(Cc2cccc3ccccc23)CN1C(CCN1CCOCC1)c1ccccc1. The molecule has 9 heteroatoms. The number of hydrogen-bond acceptors (Lipinski definition) is 6. The molecule has 2 aliphatic rings. The van der Waals surface area contributed by atoms with E-state index in [0.29, 0.717) is 12.8 Å². The van der Waals surface area contributed by atoms with E-state index in [2.05, 4.69) is 59.5 Å². The van der Waals surface area contributed by atoms with Gasteiger partial charge in [0, 0.05) is 26.1 Å². The molecule has 0 bridgehead atoms. The highest BCUT2D eigenvalue weighted by atomic mass is 32.2. The van der Waals surface area contributed by atoms with Gasteiger partial charge in [-0.25, -0.2) is 4.79 Å². The van der Waals surface area contributed by atoms with E-state index in [1.165, 1.54) is 21.9 Å². The van der Waals surface area contributed by atoms with E-state index in [1.807, 2.05) is 23.1 Å². The molecule has 0 radical (unpaired) electrons. The maximum absolute atomic E-state index is 13.0. The lowest BCUT2D eigenvalue weighted by Gasteiger charge is -2.31. The van der Waals surface area contributed by atoms with Crippen molar-refractivity contribution in [1.29, 1.82) is 0 Å². The molecular formula is C28H34N2O6S. The van der Waals surface area contributed by atoms with Gasteiger partial charge in [-0.05, 0) is 28.3 Å². The number of hydrogen-bond donors (Lipinski definition) is 1. The second kappa shape index (κ2) is 12.5. The first-order valence-electron chi connectivity index (χ1n) is 12.5. The number of amides is 1. The fraction of sp³-hybridized carbons (Fsp3) is 0.393. The van der Waals surface area contributed by atoms with Crippen LogP contribution in [0.4, 0.5) is 4.79 Å². The van der Waals surface area contributed by atoms with E-state index in [0.717, 1.165) is 45.7 Å². The van der Waals surface area contributed by atoms with Gasteiger partial charge < -0.3 is 9.47 Å². The molecule has 0 aromatic heterocycles. The molecule has 198 valence electrons. The molecule has 2 aliphatic heterocycles. The number of cyclic esters (lactones) is 1. The molecule has 3 aromatic rings. The summed E-state index contributed by atoms with van der Waals surface area (Å²) in [6.07, 6.45) is 2.00. The van der Waals surface area contributed by atoms with Gasteiger partial charge >= 0.3 is 6.09 Å². The third kappa shape index (κ3) is 8.00. The molecule has 1 N–H and O–H groups in total. The maximum Gasteiger partial charge on any atom is 0.410 e. The van der Waals surface area contributed by atoms with Crippen molar-refractivity contribution in [2.24, 2.45) is 0 Å². The van der Waals surface area contributed by atoms with Crippen molar-refractivity contribution in [3.63, 3.8) is 0 Å². The Bertz CT molecular complexity index is 1260. The first-order chi connectivity index (χ1) is 17.8. The molecule has 2 atom stereocenters. The average molecular weight is 527 g/mol.